The summed E-state index contributed by atoms with van der Waals surface area (Å²) < 4.78 is 17.5. The minimum atomic E-state index is -0.366. The second-order valence-corrected chi connectivity index (χ2v) is 9.08. The smallest absolute Gasteiger partial charge is 0.343 e. The third kappa shape index (κ3) is 10.3. The van der Waals surface area contributed by atoms with E-state index in [4.69, 9.17) is 14.2 Å². The maximum absolute atomic E-state index is 12.5. The summed E-state index contributed by atoms with van der Waals surface area (Å²) in [4.78, 5) is 12.5. The van der Waals surface area contributed by atoms with Gasteiger partial charge in [-0.3, -0.25) is 0 Å². The first-order chi connectivity index (χ1) is 16.6. The predicted octanol–water partition coefficient (Wildman–Crippen LogP) is 8.69. The summed E-state index contributed by atoms with van der Waals surface area (Å²) in [5.74, 6) is 0.980. The Kier molecular flexibility index (Phi) is 13.4. The number of unbranched alkanes of at least 4 members (excludes halogenated alkanes) is 5. The molecule has 188 valence electrons. The molecule has 0 aliphatic carbocycles. The van der Waals surface area contributed by atoms with E-state index < -0.39 is 0 Å². The van der Waals surface area contributed by atoms with Crippen molar-refractivity contribution < 1.29 is 19.0 Å². The largest absolute Gasteiger partial charge is 0.490 e. The standard InChI is InChI=1S/C30H44O4/c1-5-8-9-10-11-12-14-27(13-6-2)33-28-19-21-29(22-20-28)34-30(31)26-17-15-25(16-18-26)24(4)32-23-7-3/h15-22,24,27H,5-14,23H2,1-4H3. The van der Waals surface area contributed by atoms with Crippen LogP contribution >= 0.6 is 0 Å². The van der Waals surface area contributed by atoms with E-state index in [0.29, 0.717) is 11.3 Å². The Morgan fingerprint density at radius 1 is 0.735 bits per heavy atom. The molecule has 0 aliphatic heterocycles. The molecular weight excluding hydrogens is 424 g/mol. The van der Waals surface area contributed by atoms with Gasteiger partial charge in [-0.15, -0.1) is 0 Å². The number of rotatable bonds is 17. The average molecular weight is 469 g/mol. The van der Waals surface area contributed by atoms with Crippen LogP contribution < -0.4 is 9.47 Å². The van der Waals surface area contributed by atoms with Crippen LogP contribution in [0, 0.1) is 0 Å². The van der Waals surface area contributed by atoms with Crippen molar-refractivity contribution in [3.8, 4) is 11.5 Å². The quantitative estimate of drug-likeness (QED) is 0.132. The first kappa shape index (κ1) is 27.9. The zero-order valence-electron chi connectivity index (χ0n) is 21.7. The molecule has 0 heterocycles. The van der Waals surface area contributed by atoms with Crippen LogP contribution in [0.2, 0.25) is 0 Å². The average Bonchev–Trinajstić information content (AvgIpc) is 2.86. The third-order valence-electron chi connectivity index (χ3n) is 6.02. The normalized spacial score (nSPS) is 12.8. The molecule has 2 unspecified atom stereocenters. The van der Waals surface area contributed by atoms with Crippen molar-refractivity contribution in [3.05, 3.63) is 59.7 Å². The highest BCUT2D eigenvalue weighted by Gasteiger charge is 2.13. The van der Waals surface area contributed by atoms with Gasteiger partial charge in [0.1, 0.15) is 11.5 Å². The van der Waals surface area contributed by atoms with Gasteiger partial charge in [0.15, 0.2) is 0 Å². The summed E-state index contributed by atoms with van der Waals surface area (Å²) in [5.41, 5.74) is 1.57. The fourth-order valence-corrected chi connectivity index (χ4v) is 3.96. The SMILES string of the molecule is CCCCCCCCC(CCC)Oc1ccc(OC(=O)c2ccc(C(C)OCCC)cc2)cc1. The molecule has 4 nitrogen and oxygen atoms in total. The number of hydrogen-bond donors (Lipinski definition) is 0. The van der Waals surface area contributed by atoms with Gasteiger partial charge in [0.2, 0.25) is 0 Å². The monoisotopic (exact) mass is 468 g/mol. The summed E-state index contributed by atoms with van der Waals surface area (Å²) in [6.07, 6.45) is 12.3. The number of benzene rings is 2. The third-order valence-corrected chi connectivity index (χ3v) is 6.02. The van der Waals surface area contributed by atoms with Crippen molar-refractivity contribution in [3.63, 3.8) is 0 Å². The zero-order valence-corrected chi connectivity index (χ0v) is 21.7. The van der Waals surface area contributed by atoms with Crippen LogP contribution in [0.25, 0.3) is 0 Å². The van der Waals surface area contributed by atoms with Crippen molar-refractivity contribution in [2.24, 2.45) is 0 Å². The van der Waals surface area contributed by atoms with Gasteiger partial charge in [0.25, 0.3) is 0 Å². The van der Waals surface area contributed by atoms with Crippen molar-refractivity contribution in [2.45, 2.75) is 104 Å². The first-order valence-corrected chi connectivity index (χ1v) is 13.3. The number of ether oxygens (including phenoxy) is 3. The van der Waals surface area contributed by atoms with Crippen LogP contribution in [0.3, 0.4) is 0 Å². The summed E-state index contributed by atoms with van der Waals surface area (Å²) in [6.45, 7) is 9.28. The molecule has 4 heteroatoms. The highest BCUT2D eigenvalue weighted by molar-refractivity contribution is 5.91. The van der Waals surface area contributed by atoms with Crippen LogP contribution in [0.15, 0.2) is 48.5 Å². The molecule has 0 saturated heterocycles. The Morgan fingerprint density at radius 2 is 1.38 bits per heavy atom. The Hall–Kier alpha value is -2.33. The lowest BCUT2D eigenvalue weighted by Crippen LogP contribution is -2.16. The van der Waals surface area contributed by atoms with Crippen LogP contribution in [-0.2, 0) is 4.74 Å². The lowest BCUT2D eigenvalue weighted by molar-refractivity contribution is 0.0660. The van der Waals surface area contributed by atoms with E-state index in [9.17, 15) is 4.79 Å². The summed E-state index contributed by atoms with van der Waals surface area (Å²) in [7, 11) is 0. The van der Waals surface area contributed by atoms with Crippen LogP contribution in [0.5, 0.6) is 11.5 Å². The minimum absolute atomic E-state index is 0.00940. The summed E-state index contributed by atoms with van der Waals surface area (Å²) in [6, 6.07) is 14.8. The maximum atomic E-state index is 12.5. The van der Waals surface area contributed by atoms with Gasteiger partial charge in [-0.1, -0.05) is 71.4 Å². The molecule has 0 N–H and O–H groups in total. The molecule has 0 spiro atoms. The van der Waals surface area contributed by atoms with Gasteiger partial charge in [-0.2, -0.15) is 0 Å². The first-order valence-electron chi connectivity index (χ1n) is 13.3. The molecule has 2 aromatic carbocycles. The lowest BCUT2D eigenvalue weighted by atomic mass is 10.0. The van der Waals surface area contributed by atoms with E-state index in [0.717, 1.165) is 43.6 Å². The van der Waals surface area contributed by atoms with Gasteiger partial charge in [-0.25, -0.2) is 4.79 Å². The second kappa shape index (κ2) is 16.3. The molecule has 0 saturated carbocycles. The van der Waals surface area contributed by atoms with E-state index in [-0.39, 0.29) is 18.2 Å². The number of carbonyl (C=O) groups excluding carboxylic acids is 1. The van der Waals surface area contributed by atoms with Gasteiger partial charge in [0.05, 0.1) is 17.8 Å². The fourth-order valence-electron chi connectivity index (χ4n) is 3.96. The van der Waals surface area contributed by atoms with E-state index in [1.54, 1.807) is 24.3 Å². The lowest BCUT2D eigenvalue weighted by Gasteiger charge is -2.19. The molecular formula is C30H44O4. The van der Waals surface area contributed by atoms with Gasteiger partial charge in [0, 0.05) is 6.61 Å². The zero-order chi connectivity index (χ0) is 24.6. The topological polar surface area (TPSA) is 44.8 Å². The Morgan fingerprint density at radius 3 is 2.03 bits per heavy atom. The molecule has 0 fully saturated rings. The van der Waals surface area contributed by atoms with Crippen LogP contribution in [-0.4, -0.2) is 18.7 Å². The Bertz CT molecular complexity index is 798. The molecule has 2 rings (SSSR count). The molecule has 2 aromatic rings. The minimum Gasteiger partial charge on any atom is -0.490 e. The highest BCUT2D eigenvalue weighted by Crippen LogP contribution is 2.23. The van der Waals surface area contributed by atoms with Gasteiger partial charge < -0.3 is 14.2 Å². The highest BCUT2D eigenvalue weighted by atomic mass is 16.5. The summed E-state index contributed by atoms with van der Waals surface area (Å²) in [5, 5.41) is 0. The molecule has 0 aromatic heterocycles. The van der Waals surface area contributed by atoms with Crippen LogP contribution in [0.4, 0.5) is 0 Å². The number of carbonyl (C=O) groups is 1. The Balaban J connectivity index is 1.84. The molecule has 0 bridgehead atoms. The van der Waals surface area contributed by atoms with Crippen molar-refractivity contribution >= 4 is 5.97 Å². The van der Waals surface area contributed by atoms with Crippen molar-refractivity contribution in [2.75, 3.05) is 6.61 Å². The van der Waals surface area contributed by atoms with E-state index in [1.807, 2.05) is 31.2 Å². The van der Waals surface area contributed by atoms with Crippen LogP contribution in [0.1, 0.15) is 114 Å². The second-order valence-electron chi connectivity index (χ2n) is 9.08. The van der Waals surface area contributed by atoms with Gasteiger partial charge in [-0.05, 0) is 74.6 Å². The molecule has 0 aliphatic rings. The molecule has 0 amide bonds. The maximum Gasteiger partial charge on any atom is 0.343 e. The fraction of sp³-hybridized carbons (Fsp3) is 0.567. The predicted molar refractivity (Wildman–Crippen MR) is 140 cm³/mol. The Labute approximate surface area is 207 Å². The number of hydrogen-bond acceptors (Lipinski definition) is 4. The molecule has 0 radical (unpaired) electrons. The van der Waals surface area contributed by atoms with E-state index in [2.05, 4.69) is 20.8 Å². The molecule has 34 heavy (non-hydrogen) atoms. The van der Waals surface area contributed by atoms with E-state index >= 15 is 0 Å². The number of esters is 1. The van der Waals surface area contributed by atoms with Crippen molar-refractivity contribution in [1.29, 1.82) is 0 Å². The molecule has 2 atom stereocenters. The van der Waals surface area contributed by atoms with Crippen molar-refractivity contribution in [1.82, 2.24) is 0 Å². The van der Waals surface area contributed by atoms with Gasteiger partial charge >= 0.3 is 5.97 Å². The summed E-state index contributed by atoms with van der Waals surface area (Å²) >= 11 is 0. The van der Waals surface area contributed by atoms with E-state index in [1.165, 1.54) is 38.5 Å².